The number of allylic oxidation sites excluding steroid dienone is 1. The molecule has 326 valence electrons. The normalized spacial score (nSPS) is 17.5. The maximum Gasteiger partial charge on any atom is 0.519 e. The van der Waals surface area contributed by atoms with Crippen molar-refractivity contribution in [3.05, 3.63) is 80.8 Å². The number of fused-ring (bicyclic) bond motifs is 2. The molecule has 0 aliphatic carbocycles. The van der Waals surface area contributed by atoms with Gasteiger partial charge >= 0.3 is 11.8 Å². The Bertz CT molecular complexity index is 2630. The van der Waals surface area contributed by atoms with E-state index in [1.807, 2.05) is 0 Å². The van der Waals surface area contributed by atoms with E-state index in [9.17, 15) is 9.59 Å². The van der Waals surface area contributed by atoms with E-state index >= 15 is 8.78 Å². The van der Waals surface area contributed by atoms with E-state index in [0.29, 0.717) is 96.1 Å². The SMILES string of the molecule is C#Cc1c(F)ccc2cc(NC/C(OC)=C(\C)OC=O)cc(-c3nc4c5c(nc(OCC67CCCN6CCC7)nc5c3F)NC(CN(CCC)Cc3oc(=O)oc3C)CCC4)c12. The van der Waals surface area contributed by atoms with Crippen molar-refractivity contribution in [1.29, 1.82) is 0 Å². The second kappa shape index (κ2) is 18.1. The molecule has 3 aromatic heterocycles. The molecule has 0 saturated carbocycles. The highest BCUT2D eigenvalue weighted by atomic mass is 19.1. The Hall–Kier alpha value is -6.05. The molecule has 14 nitrogen and oxygen atoms in total. The number of pyridine rings is 1. The average molecular weight is 852 g/mol. The fraction of sp³-hybridized carbons (Fsp3) is 0.457. The molecule has 2 N–H and O–H groups in total. The number of anilines is 2. The number of rotatable bonds is 16. The molecule has 16 heteroatoms. The van der Waals surface area contributed by atoms with Crippen LogP contribution in [0.2, 0.25) is 0 Å². The van der Waals surface area contributed by atoms with Gasteiger partial charge in [-0.3, -0.25) is 14.6 Å². The summed E-state index contributed by atoms with van der Waals surface area (Å²) in [6.45, 7) is 9.88. The third-order valence-corrected chi connectivity index (χ3v) is 12.4. The fourth-order valence-corrected chi connectivity index (χ4v) is 9.45. The number of hydrogen-bond acceptors (Lipinski definition) is 14. The Labute approximate surface area is 358 Å². The minimum atomic E-state index is -0.742. The van der Waals surface area contributed by atoms with E-state index in [1.54, 1.807) is 32.0 Å². The van der Waals surface area contributed by atoms with Crippen molar-refractivity contribution in [2.24, 2.45) is 0 Å². The lowest BCUT2D eigenvalue weighted by Crippen LogP contribution is -2.43. The quantitative estimate of drug-likeness (QED) is 0.0573. The molecule has 1 atom stereocenters. The second-order valence-electron chi connectivity index (χ2n) is 16.3. The van der Waals surface area contributed by atoms with Crippen molar-refractivity contribution < 1.29 is 36.6 Å². The van der Waals surface area contributed by atoms with E-state index < -0.39 is 17.5 Å². The summed E-state index contributed by atoms with van der Waals surface area (Å²) in [5, 5.41) is 8.20. The van der Waals surface area contributed by atoms with Gasteiger partial charge in [-0.1, -0.05) is 18.9 Å². The highest BCUT2D eigenvalue weighted by molar-refractivity contribution is 6.04. The Morgan fingerprint density at radius 3 is 2.66 bits per heavy atom. The fourth-order valence-electron chi connectivity index (χ4n) is 9.45. The molecule has 1 unspecified atom stereocenters. The van der Waals surface area contributed by atoms with E-state index in [-0.39, 0.29) is 52.2 Å². The van der Waals surface area contributed by atoms with Gasteiger partial charge in [-0.25, -0.2) is 18.6 Å². The molecule has 3 aliphatic rings. The number of aryl methyl sites for hydroxylation is 2. The van der Waals surface area contributed by atoms with Crippen LogP contribution in [0.5, 0.6) is 6.01 Å². The average Bonchev–Trinajstić information content (AvgIpc) is 3.93. The van der Waals surface area contributed by atoms with Crippen molar-refractivity contribution in [1.82, 2.24) is 24.8 Å². The van der Waals surface area contributed by atoms with Crippen LogP contribution in [0.3, 0.4) is 0 Å². The Morgan fingerprint density at radius 2 is 1.95 bits per heavy atom. The number of nitrogens with one attached hydrogen (secondary N) is 2. The molecule has 0 bridgehead atoms. The molecular formula is C46H51F2N7O7. The van der Waals surface area contributed by atoms with Gasteiger partial charge in [0.1, 0.15) is 41.0 Å². The maximum absolute atomic E-state index is 17.7. The Kier molecular flexibility index (Phi) is 12.5. The molecule has 2 fully saturated rings. The van der Waals surface area contributed by atoms with Gasteiger partial charge in [0, 0.05) is 29.2 Å². The summed E-state index contributed by atoms with van der Waals surface area (Å²) in [7, 11) is 1.46. The van der Waals surface area contributed by atoms with Gasteiger partial charge in [-0.2, -0.15) is 9.97 Å². The largest absolute Gasteiger partial charge is 0.519 e. The maximum atomic E-state index is 17.7. The highest BCUT2D eigenvalue weighted by Gasteiger charge is 2.45. The zero-order valence-corrected chi connectivity index (χ0v) is 35.5. The Morgan fingerprint density at radius 1 is 1.15 bits per heavy atom. The molecule has 0 amide bonds. The van der Waals surface area contributed by atoms with Crippen LogP contribution in [-0.4, -0.2) is 89.2 Å². The third kappa shape index (κ3) is 8.43. The minimum Gasteiger partial charge on any atom is -0.496 e. The first-order valence-electron chi connectivity index (χ1n) is 21.2. The zero-order valence-electron chi connectivity index (χ0n) is 35.5. The van der Waals surface area contributed by atoms with Crippen LogP contribution in [0.4, 0.5) is 20.3 Å². The lowest BCUT2D eigenvalue weighted by molar-refractivity contribution is -0.125. The number of methoxy groups -OCH3 is 1. The second-order valence-corrected chi connectivity index (χ2v) is 16.3. The molecule has 0 spiro atoms. The first-order chi connectivity index (χ1) is 30.0. The number of nitrogens with zero attached hydrogens (tertiary/aromatic N) is 5. The van der Waals surface area contributed by atoms with E-state index in [1.165, 1.54) is 13.2 Å². The van der Waals surface area contributed by atoms with Crippen LogP contribution >= 0.6 is 0 Å². The summed E-state index contributed by atoms with van der Waals surface area (Å²) in [4.78, 5) is 42.3. The highest BCUT2D eigenvalue weighted by Crippen LogP contribution is 2.42. The summed E-state index contributed by atoms with van der Waals surface area (Å²) in [6, 6.07) is 6.21. The number of ether oxygens (including phenoxy) is 3. The van der Waals surface area contributed by atoms with Crippen molar-refractivity contribution >= 4 is 39.7 Å². The number of hydrogen-bond donors (Lipinski definition) is 2. The summed E-state index contributed by atoms with van der Waals surface area (Å²) in [6.07, 6.45) is 12.8. The lowest BCUT2D eigenvalue weighted by atomic mass is 9.94. The summed E-state index contributed by atoms with van der Waals surface area (Å²) >= 11 is 0. The molecule has 2 saturated heterocycles. The standard InChI is InChI=1S/C46H51F2N7O7/c1-6-17-54(24-37-28(4)61-45(57)62-37)23-30-11-8-12-35-39-42(52-44(53-43(39)50-30)59-25-46-15-9-18-55(46)19-10-16-46)40(48)41(51-35)33-21-31(49-22-36(58-5)27(3)60-26-56)20-29-13-14-34(47)32(7-2)38(29)33/h2,13-14,20-21,26,30,49H,6,8-12,15-19,22-25H2,1,3-5H3,(H,50,52,53)/b36-27-. The summed E-state index contributed by atoms with van der Waals surface area (Å²) in [5.74, 6) is 2.32. The molecule has 6 heterocycles. The monoisotopic (exact) mass is 851 g/mol. The lowest BCUT2D eigenvalue weighted by Gasteiger charge is -2.32. The third-order valence-electron chi connectivity index (χ3n) is 12.4. The van der Waals surface area contributed by atoms with E-state index in [4.69, 9.17) is 44.4 Å². The van der Waals surface area contributed by atoms with E-state index in [0.717, 1.165) is 51.7 Å². The molecular weight excluding hydrogens is 801 g/mol. The number of benzene rings is 2. The van der Waals surface area contributed by atoms with Gasteiger partial charge in [-0.15, -0.1) is 6.42 Å². The zero-order chi connectivity index (χ0) is 43.5. The first kappa shape index (κ1) is 42.6. The van der Waals surface area contributed by atoms with Crippen LogP contribution in [0.15, 0.2) is 49.4 Å². The van der Waals surface area contributed by atoms with Crippen LogP contribution < -0.4 is 21.2 Å². The topological polar surface area (TPSA) is 157 Å². The molecule has 0 radical (unpaired) electrons. The smallest absolute Gasteiger partial charge is 0.496 e. The number of terminal acetylenes is 1. The summed E-state index contributed by atoms with van der Waals surface area (Å²) in [5.41, 5.74) is 1.16. The van der Waals surface area contributed by atoms with Crippen molar-refractivity contribution in [2.75, 3.05) is 57.1 Å². The van der Waals surface area contributed by atoms with Gasteiger partial charge in [0.2, 0.25) is 0 Å². The van der Waals surface area contributed by atoms with Crippen LogP contribution in [0.25, 0.3) is 32.9 Å². The van der Waals surface area contributed by atoms with Crippen LogP contribution in [-0.2, 0) is 27.2 Å². The van der Waals surface area contributed by atoms with Crippen molar-refractivity contribution in [2.45, 2.75) is 90.3 Å². The van der Waals surface area contributed by atoms with Crippen molar-refractivity contribution in [3.8, 4) is 29.6 Å². The summed E-state index contributed by atoms with van der Waals surface area (Å²) < 4.78 is 60.7. The first-order valence-corrected chi connectivity index (χ1v) is 21.2. The molecule has 62 heavy (non-hydrogen) atoms. The molecule has 5 aromatic rings. The Balaban J connectivity index is 1.25. The van der Waals surface area contributed by atoms with Crippen molar-refractivity contribution in [3.63, 3.8) is 0 Å². The molecule has 2 aromatic carbocycles. The number of carbonyl (C=O) groups excluding carboxylic acids is 1. The predicted molar refractivity (Wildman–Crippen MR) is 230 cm³/mol. The van der Waals surface area contributed by atoms with Gasteiger partial charge < -0.3 is 33.7 Å². The van der Waals surface area contributed by atoms with Crippen LogP contribution in [0, 0.1) is 30.9 Å². The minimum absolute atomic E-state index is 0.0166. The van der Waals surface area contributed by atoms with Gasteiger partial charge in [0.15, 0.2) is 17.3 Å². The number of aromatic nitrogens is 3. The van der Waals surface area contributed by atoms with Gasteiger partial charge in [0.05, 0.1) is 42.4 Å². The van der Waals surface area contributed by atoms with E-state index in [2.05, 4.69) is 33.3 Å². The number of carbonyl (C=O) groups is 1. The number of halogens is 2. The molecule has 3 aliphatic heterocycles. The van der Waals surface area contributed by atoms with Gasteiger partial charge in [0.25, 0.3) is 6.47 Å². The van der Waals surface area contributed by atoms with Gasteiger partial charge in [-0.05, 0) is 108 Å². The predicted octanol–water partition coefficient (Wildman–Crippen LogP) is 7.46. The molecule has 8 rings (SSSR count). The van der Waals surface area contributed by atoms with Crippen LogP contribution in [0.1, 0.15) is 81.6 Å².